The molecule has 1 heterocycles. The lowest BCUT2D eigenvalue weighted by atomic mass is 9.71. The number of carboxylic acids is 1. The summed E-state index contributed by atoms with van der Waals surface area (Å²) in [5, 5.41) is 11.5. The standard InChI is InChI=1S/C40H50F8N2O11S3/c1-24(39(2,17-6-10-21-62(53,54)55)27-29(41)31(43)33(45)35(47)37(27)49-19-8-12-23-64(59,60)61)14-13-15-25-40(3,18-7-11-22-63(56,57)58)28-30(42)32(44)34(46)36(48)38(28)50(25)20-9-4-5-16-26(51)52/h13-15,49H,1,4-12,16-23H2,2-3H3,(H,51,52)(H,53,54,55)(H,56,57,58)(H,59,60,61). The Balaban J connectivity index is 2.26. The van der Waals surface area contributed by atoms with Crippen LogP contribution in [0.15, 0.2) is 36.1 Å². The third kappa shape index (κ3) is 13.7. The van der Waals surface area contributed by atoms with E-state index in [9.17, 15) is 52.3 Å². The fourth-order valence-corrected chi connectivity index (χ4v) is 9.46. The topological polar surface area (TPSA) is 216 Å². The minimum Gasteiger partial charge on any atom is -0.481 e. The van der Waals surface area contributed by atoms with E-state index in [1.165, 1.54) is 26.0 Å². The quantitative estimate of drug-likeness (QED) is 0.0149. The summed E-state index contributed by atoms with van der Waals surface area (Å²) in [6, 6.07) is 0. The zero-order valence-electron chi connectivity index (χ0n) is 34.8. The van der Waals surface area contributed by atoms with Gasteiger partial charge < -0.3 is 15.3 Å². The van der Waals surface area contributed by atoms with Crippen molar-refractivity contribution in [3.8, 4) is 0 Å². The minimum atomic E-state index is -4.53. The van der Waals surface area contributed by atoms with Crippen molar-refractivity contribution in [1.29, 1.82) is 0 Å². The van der Waals surface area contributed by atoms with Crippen LogP contribution in [-0.4, -0.2) is 80.3 Å². The molecule has 0 aliphatic carbocycles. The lowest BCUT2D eigenvalue weighted by Gasteiger charge is -2.34. The van der Waals surface area contributed by atoms with Crippen LogP contribution in [0.25, 0.3) is 0 Å². The van der Waals surface area contributed by atoms with Gasteiger partial charge in [0.25, 0.3) is 30.4 Å². The average Bonchev–Trinajstić information content (AvgIpc) is 3.42. The van der Waals surface area contributed by atoms with Crippen LogP contribution in [-0.2, 0) is 46.0 Å². The number of allylic oxidation sites excluding steroid dienone is 5. The molecular weight excluding hydrogens is 933 g/mol. The Hall–Kier alpha value is -4.10. The first-order valence-corrected chi connectivity index (χ1v) is 24.7. The van der Waals surface area contributed by atoms with Crippen LogP contribution in [0.3, 0.4) is 0 Å². The van der Waals surface area contributed by atoms with Crippen LogP contribution in [0.2, 0.25) is 0 Å². The molecule has 2 atom stereocenters. The van der Waals surface area contributed by atoms with E-state index < -0.39 is 140 Å². The largest absolute Gasteiger partial charge is 0.481 e. The molecule has 0 saturated carbocycles. The Morgan fingerprint density at radius 2 is 1.22 bits per heavy atom. The fourth-order valence-electron chi connectivity index (χ4n) is 7.76. The van der Waals surface area contributed by atoms with Gasteiger partial charge in [-0.25, -0.2) is 35.1 Å². The van der Waals surface area contributed by atoms with E-state index in [4.69, 9.17) is 9.66 Å². The predicted octanol–water partition coefficient (Wildman–Crippen LogP) is 8.67. The first-order chi connectivity index (χ1) is 29.5. The van der Waals surface area contributed by atoms with Gasteiger partial charge in [0.1, 0.15) is 0 Å². The normalized spacial score (nSPS) is 17.3. The highest BCUT2D eigenvalue weighted by Crippen LogP contribution is 2.54. The Kier molecular flexibility index (Phi) is 18.6. The zero-order valence-corrected chi connectivity index (χ0v) is 37.3. The maximum Gasteiger partial charge on any atom is 0.303 e. The second kappa shape index (κ2) is 21.9. The highest BCUT2D eigenvalue weighted by molar-refractivity contribution is 7.86. The number of carboxylic acid groups (broad SMARTS) is 1. The molecule has 0 fully saturated rings. The molecule has 64 heavy (non-hydrogen) atoms. The van der Waals surface area contributed by atoms with Gasteiger partial charge in [-0.2, -0.15) is 25.3 Å². The Morgan fingerprint density at radius 1 is 0.703 bits per heavy atom. The Morgan fingerprint density at radius 3 is 1.78 bits per heavy atom. The van der Waals surface area contributed by atoms with Crippen molar-refractivity contribution in [2.75, 3.05) is 40.6 Å². The van der Waals surface area contributed by atoms with Gasteiger partial charge in [-0.05, 0) is 69.9 Å². The van der Waals surface area contributed by atoms with E-state index >= 15 is 22.0 Å². The molecule has 2 aromatic carbocycles. The first-order valence-electron chi connectivity index (χ1n) is 19.9. The van der Waals surface area contributed by atoms with Gasteiger partial charge in [0, 0.05) is 47.2 Å². The molecule has 24 heteroatoms. The van der Waals surface area contributed by atoms with Crippen molar-refractivity contribution in [1.82, 2.24) is 0 Å². The van der Waals surface area contributed by atoms with Crippen LogP contribution < -0.4 is 10.2 Å². The first kappa shape index (κ1) is 54.2. The van der Waals surface area contributed by atoms with Crippen LogP contribution in [0.1, 0.15) is 102 Å². The van der Waals surface area contributed by atoms with E-state index in [1.54, 1.807) is 0 Å². The molecule has 1 aliphatic rings. The summed E-state index contributed by atoms with van der Waals surface area (Å²) in [6.07, 6.45) is 1.89. The van der Waals surface area contributed by atoms with Crippen molar-refractivity contribution < 1.29 is 83.9 Å². The van der Waals surface area contributed by atoms with Gasteiger partial charge in [-0.1, -0.05) is 44.9 Å². The molecule has 3 rings (SSSR count). The van der Waals surface area contributed by atoms with E-state index in [0.717, 1.165) is 11.0 Å². The maximum atomic E-state index is 16.1. The molecule has 1 aliphatic heterocycles. The Bertz CT molecular complexity index is 2490. The number of benzene rings is 2. The smallest absolute Gasteiger partial charge is 0.303 e. The number of unbranched alkanes of at least 4 members (excludes halogenated alkanes) is 5. The summed E-state index contributed by atoms with van der Waals surface area (Å²) >= 11 is 0. The van der Waals surface area contributed by atoms with Crippen molar-refractivity contribution in [2.24, 2.45) is 0 Å². The molecule has 360 valence electrons. The van der Waals surface area contributed by atoms with Crippen LogP contribution in [0, 0.1) is 46.5 Å². The SMILES string of the molecule is C=C(C=CC=C1N(CCCCCC(=O)O)c2c(F)c(F)c(F)c(F)c2C1(C)CCCCS(=O)(=O)O)C(C)(CCCCS(=O)(=O)O)c1c(F)c(F)c(F)c(F)c1NCCCCS(=O)(=O)O. The number of nitrogens with one attached hydrogen (secondary N) is 1. The summed E-state index contributed by atoms with van der Waals surface area (Å²) in [5.41, 5.74) is -7.22. The highest BCUT2D eigenvalue weighted by Gasteiger charge is 2.49. The van der Waals surface area contributed by atoms with Crippen LogP contribution >= 0.6 is 0 Å². The monoisotopic (exact) mass is 982 g/mol. The summed E-state index contributed by atoms with van der Waals surface area (Å²) < 4.78 is 219. The second-order valence-corrected chi connectivity index (χ2v) is 20.6. The minimum absolute atomic E-state index is 0.0494. The molecule has 0 spiro atoms. The zero-order chi connectivity index (χ0) is 48.6. The Labute approximate surface area is 366 Å². The van der Waals surface area contributed by atoms with Gasteiger partial charge in [0.15, 0.2) is 46.5 Å². The van der Waals surface area contributed by atoms with Crippen molar-refractivity contribution >= 4 is 47.7 Å². The fraction of sp³-hybridized carbons (Fsp3) is 0.525. The van der Waals surface area contributed by atoms with Crippen LogP contribution in [0.4, 0.5) is 46.5 Å². The third-order valence-corrected chi connectivity index (χ3v) is 13.5. The summed E-state index contributed by atoms with van der Waals surface area (Å²) in [4.78, 5) is 12.2. The van der Waals surface area contributed by atoms with Gasteiger partial charge in [0.05, 0.1) is 28.6 Å². The second-order valence-electron chi connectivity index (χ2n) is 15.8. The van der Waals surface area contributed by atoms with Crippen LogP contribution in [0.5, 0.6) is 0 Å². The number of nitrogens with zero attached hydrogens (tertiary/aromatic N) is 1. The number of aliphatic carboxylic acids is 1. The summed E-state index contributed by atoms with van der Waals surface area (Å²) in [7, 11) is -13.4. The van der Waals surface area contributed by atoms with Gasteiger partial charge >= 0.3 is 5.97 Å². The number of hydrogen-bond acceptors (Lipinski definition) is 9. The molecule has 5 N–H and O–H groups in total. The van der Waals surface area contributed by atoms with Crippen molar-refractivity contribution in [2.45, 2.75) is 102 Å². The molecular formula is C40H50F8N2O11S3. The van der Waals surface area contributed by atoms with E-state index in [1.807, 2.05) is 0 Å². The van der Waals surface area contributed by atoms with E-state index in [-0.39, 0.29) is 95.0 Å². The van der Waals surface area contributed by atoms with Crippen molar-refractivity contribution in [3.63, 3.8) is 0 Å². The summed E-state index contributed by atoms with van der Waals surface area (Å²) in [5.74, 6) is -19.5. The molecule has 2 aromatic rings. The lowest BCUT2D eigenvalue weighted by Crippen LogP contribution is -2.30. The number of rotatable bonds is 26. The van der Waals surface area contributed by atoms with E-state index in [2.05, 4.69) is 11.9 Å². The van der Waals surface area contributed by atoms with Gasteiger partial charge in [-0.3, -0.25) is 18.5 Å². The highest BCUT2D eigenvalue weighted by atomic mass is 32.2. The molecule has 0 radical (unpaired) electrons. The summed E-state index contributed by atoms with van der Waals surface area (Å²) in [6.45, 7) is 5.86. The number of fused-ring (bicyclic) bond motifs is 1. The molecule has 0 aromatic heterocycles. The number of hydrogen-bond donors (Lipinski definition) is 5. The molecule has 0 saturated heterocycles. The number of carbonyl (C=O) groups is 1. The maximum absolute atomic E-state index is 16.1. The molecule has 13 nitrogen and oxygen atoms in total. The average molecular weight is 983 g/mol. The lowest BCUT2D eigenvalue weighted by molar-refractivity contribution is -0.137. The van der Waals surface area contributed by atoms with Gasteiger partial charge in [-0.15, -0.1) is 0 Å². The van der Waals surface area contributed by atoms with Crippen molar-refractivity contribution in [3.05, 3.63) is 93.7 Å². The predicted molar refractivity (Wildman–Crippen MR) is 222 cm³/mol. The number of halogens is 8. The molecule has 0 bridgehead atoms. The van der Waals surface area contributed by atoms with Gasteiger partial charge in [0.2, 0.25) is 0 Å². The third-order valence-electron chi connectivity index (χ3n) is 11.1. The molecule has 2 unspecified atom stereocenters. The number of anilines is 2. The molecule has 0 amide bonds. The van der Waals surface area contributed by atoms with E-state index in [0.29, 0.717) is 0 Å².